The molecule has 4 aromatic rings. The maximum atomic E-state index is 12.8. The van der Waals surface area contributed by atoms with Crippen LogP contribution in [0.1, 0.15) is 22.5 Å². The highest BCUT2D eigenvalue weighted by atomic mass is 35.5. The zero-order valence-corrected chi connectivity index (χ0v) is 16.5. The molecular formula is C21H17ClF2N4O. The molecule has 8 heteroatoms. The normalized spacial score (nSPS) is 11.4. The smallest absolute Gasteiger partial charge is 0.387 e. The average molecular weight is 415 g/mol. The van der Waals surface area contributed by atoms with E-state index in [-0.39, 0.29) is 11.0 Å². The maximum absolute atomic E-state index is 12.8. The van der Waals surface area contributed by atoms with Gasteiger partial charge in [0.2, 0.25) is 5.28 Å². The number of para-hydroxylation sites is 1. The molecule has 0 aliphatic carbocycles. The number of imidazole rings is 1. The van der Waals surface area contributed by atoms with Gasteiger partial charge in [-0.2, -0.15) is 8.78 Å². The fourth-order valence-electron chi connectivity index (χ4n) is 3.36. The van der Waals surface area contributed by atoms with Gasteiger partial charge in [-0.1, -0.05) is 18.2 Å². The first kappa shape index (κ1) is 19.3. The first-order valence-corrected chi connectivity index (χ1v) is 9.29. The number of hydrogen-bond donors (Lipinski definition) is 0. The topological polar surface area (TPSA) is 52.3 Å². The summed E-state index contributed by atoms with van der Waals surface area (Å²) < 4.78 is 32.2. The predicted octanol–water partition coefficient (Wildman–Crippen LogP) is 5.25. The van der Waals surface area contributed by atoms with Crippen LogP contribution in [0.3, 0.4) is 0 Å². The van der Waals surface area contributed by atoms with Crippen molar-refractivity contribution in [3.05, 3.63) is 76.7 Å². The van der Waals surface area contributed by atoms with Crippen LogP contribution in [0.4, 0.5) is 8.78 Å². The van der Waals surface area contributed by atoms with Crippen molar-refractivity contribution in [2.24, 2.45) is 0 Å². The summed E-state index contributed by atoms with van der Waals surface area (Å²) in [6, 6.07) is 8.76. The van der Waals surface area contributed by atoms with Crippen molar-refractivity contribution < 1.29 is 13.5 Å². The van der Waals surface area contributed by atoms with Crippen LogP contribution in [0.5, 0.6) is 5.75 Å². The number of rotatable bonds is 5. The Morgan fingerprint density at radius 2 is 1.86 bits per heavy atom. The lowest BCUT2D eigenvalue weighted by molar-refractivity contribution is -0.0503. The summed E-state index contributed by atoms with van der Waals surface area (Å²) in [4.78, 5) is 12.7. The molecule has 0 bridgehead atoms. The van der Waals surface area contributed by atoms with E-state index >= 15 is 0 Å². The van der Waals surface area contributed by atoms with Gasteiger partial charge in [0.25, 0.3) is 0 Å². The van der Waals surface area contributed by atoms with Crippen LogP contribution in [0.25, 0.3) is 16.8 Å². The molecule has 0 aliphatic rings. The third-order valence-electron chi connectivity index (χ3n) is 4.74. The Labute approximate surface area is 171 Å². The molecule has 29 heavy (non-hydrogen) atoms. The molecule has 0 N–H and O–H groups in total. The molecule has 0 unspecified atom stereocenters. The third-order valence-corrected chi connectivity index (χ3v) is 4.94. The fraction of sp³-hybridized carbons (Fsp3) is 0.190. The van der Waals surface area contributed by atoms with E-state index in [1.54, 1.807) is 36.7 Å². The van der Waals surface area contributed by atoms with E-state index in [0.29, 0.717) is 12.0 Å². The first-order chi connectivity index (χ1) is 13.9. The van der Waals surface area contributed by atoms with Crippen molar-refractivity contribution in [3.63, 3.8) is 0 Å². The van der Waals surface area contributed by atoms with Gasteiger partial charge >= 0.3 is 6.61 Å². The molecule has 1 aromatic carbocycles. The molecule has 0 amide bonds. The molecule has 0 radical (unpaired) electrons. The maximum Gasteiger partial charge on any atom is 0.387 e. The number of halogens is 3. The van der Waals surface area contributed by atoms with Crippen LogP contribution < -0.4 is 4.74 Å². The summed E-state index contributed by atoms with van der Waals surface area (Å²) in [5, 5.41) is 0.183. The minimum absolute atomic E-state index is 0.162. The Bertz CT molecular complexity index is 1180. The van der Waals surface area contributed by atoms with Crippen LogP contribution in [0.2, 0.25) is 5.28 Å². The summed E-state index contributed by atoms with van der Waals surface area (Å²) in [6.07, 6.45) is 5.69. The number of aryl methyl sites for hydroxylation is 2. The second-order valence-electron chi connectivity index (χ2n) is 6.65. The number of ether oxygens (including phenoxy) is 1. The SMILES string of the molecule is Cc1cc2nc(C)c(Cc3ccccc3OC(F)F)n2cc1-c1cnc(Cl)nc1. The number of benzene rings is 1. The van der Waals surface area contributed by atoms with Crippen LogP contribution >= 0.6 is 11.6 Å². The van der Waals surface area contributed by atoms with Crippen molar-refractivity contribution in [2.75, 3.05) is 0 Å². The third kappa shape index (κ3) is 3.91. The number of pyridine rings is 1. The lowest BCUT2D eigenvalue weighted by atomic mass is 10.1. The minimum Gasteiger partial charge on any atom is -0.435 e. The molecule has 4 rings (SSSR count). The van der Waals surface area contributed by atoms with Gasteiger partial charge in [-0.25, -0.2) is 15.0 Å². The molecule has 3 heterocycles. The van der Waals surface area contributed by atoms with Crippen molar-refractivity contribution in [3.8, 4) is 16.9 Å². The first-order valence-electron chi connectivity index (χ1n) is 8.91. The predicted molar refractivity (Wildman–Crippen MR) is 107 cm³/mol. The van der Waals surface area contributed by atoms with Gasteiger partial charge in [-0.05, 0) is 43.1 Å². The van der Waals surface area contributed by atoms with Gasteiger partial charge in [-0.15, -0.1) is 0 Å². The van der Waals surface area contributed by atoms with Gasteiger partial charge in [0.15, 0.2) is 0 Å². The van der Waals surface area contributed by atoms with E-state index in [4.69, 9.17) is 11.6 Å². The molecule has 0 atom stereocenters. The largest absolute Gasteiger partial charge is 0.435 e. The van der Waals surface area contributed by atoms with E-state index in [1.807, 2.05) is 30.5 Å². The molecule has 5 nitrogen and oxygen atoms in total. The van der Waals surface area contributed by atoms with Gasteiger partial charge < -0.3 is 9.14 Å². The highest BCUT2D eigenvalue weighted by Crippen LogP contribution is 2.28. The lowest BCUT2D eigenvalue weighted by Crippen LogP contribution is -2.06. The standard InChI is InChI=1S/C21H17ClF2N4O/c1-12-7-19-27-13(2)17(8-14-5-3-4-6-18(14)29-21(23)24)28(19)11-16(12)15-9-25-20(22)26-10-15/h3-7,9-11,21H,8H2,1-2H3. The molecular weight excluding hydrogens is 398 g/mol. The fourth-order valence-corrected chi connectivity index (χ4v) is 3.46. The van der Waals surface area contributed by atoms with Crippen molar-refractivity contribution >= 4 is 17.2 Å². The Morgan fingerprint density at radius 1 is 1.14 bits per heavy atom. The summed E-state index contributed by atoms with van der Waals surface area (Å²) in [6.45, 7) is 1.01. The zero-order chi connectivity index (χ0) is 20.5. The second kappa shape index (κ2) is 7.75. The number of fused-ring (bicyclic) bond motifs is 1. The quantitative estimate of drug-likeness (QED) is 0.418. The Kier molecular flexibility index (Phi) is 5.15. The van der Waals surface area contributed by atoms with Crippen LogP contribution in [-0.4, -0.2) is 26.0 Å². The van der Waals surface area contributed by atoms with Gasteiger partial charge in [0, 0.05) is 47.4 Å². The van der Waals surface area contributed by atoms with E-state index in [1.165, 1.54) is 0 Å². The van der Waals surface area contributed by atoms with E-state index in [9.17, 15) is 8.78 Å². The summed E-state index contributed by atoms with van der Waals surface area (Å²) in [5.41, 5.74) is 5.93. The summed E-state index contributed by atoms with van der Waals surface area (Å²) in [5.74, 6) is 0.162. The Hall–Kier alpha value is -3.06. The number of alkyl halides is 2. The molecule has 148 valence electrons. The second-order valence-corrected chi connectivity index (χ2v) is 6.98. The molecule has 0 saturated heterocycles. The zero-order valence-electron chi connectivity index (χ0n) is 15.7. The molecule has 0 aliphatic heterocycles. The highest BCUT2D eigenvalue weighted by molar-refractivity contribution is 6.28. The van der Waals surface area contributed by atoms with Gasteiger partial charge in [-0.3, -0.25) is 0 Å². The van der Waals surface area contributed by atoms with Gasteiger partial charge in [0.1, 0.15) is 11.4 Å². The Morgan fingerprint density at radius 3 is 2.59 bits per heavy atom. The van der Waals surface area contributed by atoms with Crippen LogP contribution in [-0.2, 0) is 6.42 Å². The molecule has 3 aromatic heterocycles. The Balaban J connectivity index is 1.81. The van der Waals surface area contributed by atoms with Crippen molar-refractivity contribution in [1.29, 1.82) is 0 Å². The number of aromatic nitrogens is 4. The van der Waals surface area contributed by atoms with Crippen LogP contribution in [0.15, 0.2) is 48.9 Å². The highest BCUT2D eigenvalue weighted by Gasteiger charge is 2.16. The lowest BCUT2D eigenvalue weighted by Gasteiger charge is -2.12. The number of hydrogen-bond acceptors (Lipinski definition) is 4. The van der Waals surface area contributed by atoms with Crippen molar-refractivity contribution in [2.45, 2.75) is 26.9 Å². The summed E-state index contributed by atoms with van der Waals surface area (Å²) >= 11 is 5.80. The van der Waals surface area contributed by atoms with E-state index in [0.717, 1.165) is 33.7 Å². The van der Waals surface area contributed by atoms with E-state index in [2.05, 4.69) is 19.7 Å². The minimum atomic E-state index is -2.88. The van der Waals surface area contributed by atoms with E-state index < -0.39 is 6.61 Å². The molecule has 0 saturated carbocycles. The molecule has 0 fully saturated rings. The molecule has 0 spiro atoms. The van der Waals surface area contributed by atoms with Crippen LogP contribution in [0, 0.1) is 13.8 Å². The van der Waals surface area contributed by atoms with Crippen molar-refractivity contribution in [1.82, 2.24) is 19.4 Å². The van der Waals surface area contributed by atoms with Gasteiger partial charge in [0.05, 0.1) is 5.69 Å². The summed E-state index contributed by atoms with van der Waals surface area (Å²) in [7, 11) is 0. The average Bonchev–Trinajstić information content (AvgIpc) is 2.97. The number of nitrogens with zero attached hydrogens (tertiary/aromatic N) is 4. The monoisotopic (exact) mass is 414 g/mol.